The van der Waals surface area contributed by atoms with Gasteiger partial charge in [-0.2, -0.15) is 9.66 Å². The molecule has 1 fully saturated rings. The smallest absolute Gasteiger partial charge is 0.338 e. The number of nitrogens with zero attached hydrogens (tertiary/aromatic N) is 4. The van der Waals surface area contributed by atoms with Gasteiger partial charge >= 0.3 is 11.6 Å². The number of aromatic nitrogens is 4. The molecule has 1 saturated heterocycles. The van der Waals surface area contributed by atoms with Crippen LogP contribution in [0.15, 0.2) is 35.3 Å². The van der Waals surface area contributed by atoms with Crippen LogP contribution in [0, 0.1) is 17.2 Å². The molecule has 0 bridgehead atoms. The van der Waals surface area contributed by atoms with Crippen LogP contribution < -0.4 is 10.00 Å². The van der Waals surface area contributed by atoms with Crippen molar-refractivity contribution in [3.05, 3.63) is 51.9 Å². The van der Waals surface area contributed by atoms with Crippen LogP contribution in [0.3, 0.4) is 0 Å². The lowest BCUT2D eigenvalue weighted by Crippen LogP contribution is -2.37. The lowest BCUT2D eigenvalue weighted by atomic mass is 10.0. The number of esters is 1. The summed E-state index contributed by atoms with van der Waals surface area (Å²) in [5.41, 5.74) is 3.29. The molecule has 3 aromatic heterocycles. The summed E-state index contributed by atoms with van der Waals surface area (Å²) in [5, 5.41) is 9.69. The first kappa shape index (κ1) is 18.3. The number of hydrogen-bond donors (Lipinski definition) is 1. The van der Waals surface area contributed by atoms with Gasteiger partial charge in [-0.05, 0) is 25.0 Å². The van der Waals surface area contributed by atoms with Crippen molar-refractivity contribution in [2.45, 2.75) is 32.3 Å². The number of carbonyl (C=O) groups is 1. The number of hydrogen-bond acceptors (Lipinski definition) is 5. The van der Waals surface area contributed by atoms with Crippen LogP contribution in [0.2, 0.25) is 0 Å². The van der Waals surface area contributed by atoms with Crippen molar-refractivity contribution in [2.24, 2.45) is 13.0 Å². The predicted molar refractivity (Wildman–Crippen MR) is 109 cm³/mol. The number of para-hydroxylation sites is 2. The Morgan fingerprint density at radius 3 is 2.90 bits per heavy atom. The first-order valence-electron chi connectivity index (χ1n) is 9.97. The monoisotopic (exact) mass is 402 g/mol. The van der Waals surface area contributed by atoms with Crippen molar-refractivity contribution in [3.63, 3.8) is 0 Å². The zero-order chi connectivity index (χ0) is 21.0. The molecule has 1 aliphatic heterocycles. The number of nitrogens with one attached hydrogen (secondary N) is 1. The molecule has 8 heteroatoms. The molecule has 30 heavy (non-hydrogen) atoms. The second-order valence-corrected chi connectivity index (χ2v) is 7.75. The molecule has 150 valence electrons. The zero-order valence-electron chi connectivity index (χ0n) is 16.7. The van der Waals surface area contributed by atoms with Gasteiger partial charge in [-0.1, -0.05) is 19.1 Å². The standard InChI is InChI=1S/C22H19N5O3/c1-3-12-8-14(30-22(12)29)9-13-11-27-20-18(15(10-23)19(28)21(27)26(13)2)24-16-6-4-5-7-17(16)25-20/h4-7,11-12,14H,3,8-9H2,1-2H3/p+1/t12-,14-/m0/s1. The third kappa shape index (κ3) is 2.59. The number of H-pyrrole nitrogens is 1. The fourth-order valence-corrected chi connectivity index (χ4v) is 4.34. The summed E-state index contributed by atoms with van der Waals surface area (Å²) < 4.78 is 9.02. The van der Waals surface area contributed by atoms with E-state index in [9.17, 15) is 14.9 Å². The molecule has 2 atom stereocenters. The molecule has 4 heterocycles. The van der Waals surface area contributed by atoms with E-state index in [1.54, 1.807) is 16.0 Å². The number of benzene rings is 1. The summed E-state index contributed by atoms with van der Waals surface area (Å²) in [5.74, 6) is -0.223. The third-order valence-corrected chi connectivity index (χ3v) is 5.98. The number of carbonyl (C=O) groups excluding carboxylic acids is 1. The highest BCUT2D eigenvalue weighted by Gasteiger charge is 2.35. The molecule has 4 aromatic rings. The predicted octanol–water partition coefficient (Wildman–Crippen LogP) is 1.91. The SMILES string of the molecule is CC[C@H]1C[C@@H](Cc2cn3c4nc5ccccc5[nH]c4c(C#N)c(=O)c3[n+]2C)OC1=O. The molecule has 8 nitrogen and oxygen atoms in total. The Hall–Kier alpha value is -3.73. The first-order valence-corrected chi connectivity index (χ1v) is 9.97. The van der Waals surface area contributed by atoms with Gasteiger partial charge in [-0.3, -0.25) is 9.59 Å². The van der Waals surface area contributed by atoms with E-state index in [1.165, 1.54) is 0 Å². The molecule has 0 unspecified atom stereocenters. The Bertz CT molecular complexity index is 1440. The van der Waals surface area contributed by atoms with Gasteiger partial charge in [0.05, 0.1) is 30.4 Å². The summed E-state index contributed by atoms with van der Waals surface area (Å²) in [4.78, 5) is 33.0. The minimum atomic E-state index is -0.359. The maximum absolute atomic E-state index is 13.1. The van der Waals surface area contributed by atoms with Crippen molar-refractivity contribution in [2.75, 3.05) is 0 Å². The van der Waals surface area contributed by atoms with Crippen LogP contribution >= 0.6 is 0 Å². The van der Waals surface area contributed by atoms with Crippen LogP contribution in [0.1, 0.15) is 31.0 Å². The Morgan fingerprint density at radius 2 is 2.17 bits per heavy atom. The number of imidazole rings is 1. The number of cyclic esters (lactones) is 1. The second-order valence-electron chi connectivity index (χ2n) is 7.75. The van der Waals surface area contributed by atoms with E-state index in [0.717, 1.165) is 23.1 Å². The molecular weight excluding hydrogens is 382 g/mol. The van der Waals surface area contributed by atoms with E-state index in [0.29, 0.717) is 29.7 Å². The lowest BCUT2D eigenvalue weighted by Gasteiger charge is -2.05. The minimum absolute atomic E-state index is 0.0364. The maximum atomic E-state index is 13.1. The van der Waals surface area contributed by atoms with Crippen molar-refractivity contribution in [3.8, 4) is 6.07 Å². The van der Waals surface area contributed by atoms with E-state index in [4.69, 9.17) is 9.72 Å². The summed E-state index contributed by atoms with van der Waals surface area (Å²) in [6.07, 6.45) is 3.56. The van der Waals surface area contributed by atoms with Gasteiger partial charge < -0.3 is 9.72 Å². The number of aromatic amines is 1. The molecule has 0 saturated carbocycles. The Morgan fingerprint density at radius 1 is 1.37 bits per heavy atom. The molecule has 1 aromatic carbocycles. The fraction of sp³-hybridized carbons (Fsp3) is 0.318. The zero-order valence-corrected chi connectivity index (χ0v) is 16.7. The van der Waals surface area contributed by atoms with Gasteiger partial charge in [0.2, 0.25) is 0 Å². The molecule has 1 aliphatic rings. The number of rotatable bonds is 3. The van der Waals surface area contributed by atoms with Crippen LogP contribution in [0.5, 0.6) is 0 Å². The molecule has 1 N–H and O–H groups in total. The summed E-state index contributed by atoms with van der Waals surface area (Å²) >= 11 is 0. The van der Waals surface area contributed by atoms with Gasteiger partial charge in [0.1, 0.15) is 35.1 Å². The lowest BCUT2D eigenvalue weighted by molar-refractivity contribution is -0.653. The van der Waals surface area contributed by atoms with Gasteiger partial charge in [-0.15, -0.1) is 0 Å². The topological polar surface area (TPSA) is 104 Å². The molecule has 0 aliphatic carbocycles. The first-order chi connectivity index (χ1) is 14.5. The quantitative estimate of drug-likeness (QED) is 0.320. The van der Waals surface area contributed by atoms with Crippen molar-refractivity contribution in [1.82, 2.24) is 14.4 Å². The normalized spacial score (nSPS) is 18.9. The van der Waals surface area contributed by atoms with Crippen LogP contribution in [0.25, 0.3) is 27.8 Å². The van der Waals surface area contributed by atoms with Crippen molar-refractivity contribution >= 4 is 33.8 Å². The molecule has 0 amide bonds. The highest BCUT2D eigenvalue weighted by Crippen LogP contribution is 2.26. The van der Waals surface area contributed by atoms with Crippen molar-refractivity contribution < 1.29 is 14.1 Å². The number of aryl methyl sites for hydroxylation is 1. The highest BCUT2D eigenvalue weighted by atomic mass is 16.5. The number of ether oxygens (including phenoxy) is 1. The molecule has 0 spiro atoms. The minimum Gasteiger partial charge on any atom is -0.462 e. The average Bonchev–Trinajstić information content (AvgIpc) is 3.27. The average molecular weight is 402 g/mol. The Balaban J connectivity index is 1.73. The summed E-state index contributed by atoms with van der Waals surface area (Å²) in [7, 11) is 1.79. The number of pyridine rings is 1. The van der Waals surface area contributed by atoms with E-state index < -0.39 is 0 Å². The highest BCUT2D eigenvalue weighted by molar-refractivity contribution is 5.88. The van der Waals surface area contributed by atoms with Crippen molar-refractivity contribution in [1.29, 1.82) is 5.26 Å². The maximum Gasteiger partial charge on any atom is 0.338 e. The van der Waals surface area contributed by atoms with Gasteiger partial charge in [-0.25, -0.2) is 9.55 Å². The van der Waals surface area contributed by atoms with Crippen LogP contribution in [-0.4, -0.2) is 26.4 Å². The van der Waals surface area contributed by atoms with E-state index in [2.05, 4.69) is 4.98 Å². The Kier molecular flexibility index (Phi) is 4.07. The fourth-order valence-electron chi connectivity index (χ4n) is 4.34. The molecular formula is C22H20N5O3+. The van der Waals surface area contributed by atoms with E-state index >= 15 is 0 Å². The molecule has 5 rings (SSSR count). The second kappa shape index (κ2) is 6.66. The largest absolute Gasteiger partial charge is 0.462 e. The van der Waals surface area contributed by atoms with Gasteiger partial charge in [0, 0.05) is 0 Å². The summed E-state index contributed by atoms with van der Waals surface area (Å²) in [6.45, 7) is 1.98. The number of nitriles is 1. The third-order valence-electron chi connectivity index (χ3n) is 5.98. The van der Waals surface area contributed by atoms with Gasteiger partial charge in [0.15, 0.2) is 0 Å². The van der Waals surface area contributed by atoms with Crippen LogP contribution in [0.4, 0.5) is 0 Å². The molecule has 0 radical (unpaired) electrons. The van der Waals surface area contributed by atoms with E-state index in [-0.39, 0.29) is 29.0 Å². The Labute approximate surface area is 171 Å². The van der Waals surface area contributed by atoms with Crippen LogP contribution in [-0.2, 0) is 23.0 Å². The van der Waals surface area contributed by atoms with E-state index in [1.807, 2.05) is 43.5 Å². The summed E-state index contributed by atoms with van der Waals surface area (Å²) in [6, 6.07) is 9.54. The number of fused-ring (bicyclic) bond motifs is 4. The van der Waals surface area contributed by atoms with Gasteiger partial charge in [0.25, 0.3) is 11.1 Å².